The number of hydrogen-bond donors (Lipinski definition) is 1. The minimum absolute atomic E-state index is 0.122. The minimum Gasteiger partial charge on any atom is -0.462 e. The fourth-order valence-corrected chi connectivity index (χ4v) is 2.98. The Labute approximate surface area is 128 Å². The normalized spacial score (nSPS) is 12.0. The van der Waals surface area contributed by atoms with Crippen LogP contribution in [-0.4, -0.2) is 22.5 Å². The third-order valence-corrected chi connectivity index (χ3v) is 4.23. The van der Waals surface area contributed by atoms with Crippen molar-refractivity contribution in [3.63, 3.8) is 0 Å². The van der Waals surface area contributed by atoms with Crippen molar-refractivity contribution < 1.29 is 9.53 Å². The summed E-state index contributed by atoms with van der Waals surface area (Å²) >= 11 is 1.68. The van der Waals surface area contributed by atoms with Crippen LogP contribution < -0.4 is 5.32 Å². The minimum atomic E-state index is -0.349. The van der Waals surface area contributed by atoms with Gasteiger partial charge in [0.2, 0.25) is 0 Å². The number of carbonyl (C=O) groups excluding carboxylic acids is 1. The molecule has 0 aliphatic rings. The molecule has 0 fully saturated rings. The average molecular weight is 305 g/mol. The molecule has 0 aliphatic carbocycles. The molecule has 1 atom stereocenters. The summed E-state index contributed by atoms with van der Waals surface area (Å²) < 4.78 is 4.93. The monoisotopic (exact) mass is 305 g/mol. The van der Waals surface area contributed by atoms with Crippen LogP contribution >= 0.6 is 11.3 Å². The first-order chi connectivity index (χ1) is 10.0. The Morgan fingerprint density at radius 3 is 2.71 bits per heavy atom. The van der Waals surface area contributed by atoms with Crippen molar-refractivity contribution in [1.82, 2.24) is 9.97 Å². The maximum Gasteiger partial charge on any atom is 0.339 e. The van der Waals surface area contributed by atoms with Gasteiger partial charge >= 0.3 is 5.97 Å². The van der Waals surface area contributed by atoms with Crippen LogP contribution in [0.3, 0.4) is 0 Å². The maximum absolute atomic E-state index is 11.6. The second-order valence-electron chi connectivity index (χ2n) is 4.70. The van der Waals surface area contributed by atoms with E-state index in [1.807, 2.05) is 13.8 Å². The number of aromatic nitrogens is 2. The van der Waals surface area contributed by atoms with Crippen molar-refractivity contribution in [2.24, 2.45) is 0 Å². The molecule has 1 unspecified atom stereocenters. The summed E-state index contributed by atoms with van der Waals surface area (Å²) in [6.45, 7) is 8.22. The summed E-state index contributed by atoms with van der Waals surface area (Å²) in [6, 6.07) is 3.62. The van der Waals surface area contributed by atoms with Crippen molar-refractivity contribution in [3.05, 3.63) is 39.5 Å². The topological polar surface area (TPSA) is 64.1 Å². The number of carbonyl (C=O) groups is 1. The molecule has 6 heteroatoms. The second-order valence-corrected chi connectivity index (χ2v) is 5.94. The number of hydrogen-bond acceptors (Lipinski definition) is 6. The number of pyridine rings is 1. The number of aryl methyl sites for hydroxylation is 2. The molecule has 1 N–H and O–H groups in total. The molecule has 112 valence electrons. The van der Waals surface area contributed by atoms with Gasteiger partial charge < -0.3 is 10.1 Å². The van der Waals surface area contributed by atoms with Crippen LogP contribution in [0.15, 0.2) is 18.3 Å². The van der Waals surface area contributed by atoms with Gasteiger partial charge in [-0.05, 0) is 39.8 Å². The van der Waals surface area contributed by atoms with Gasteiger partial charge in [0.1, 0.15) is 5.82 Å². The van der Waals surface area contributed by atoms with Crippen molar-refractivity contribution in [1.29, 1.82) is 0 Å². The number of nitrogens with one attached hydrogen (secondary N) is 1. The largest absolute Gasteiger partial charge is 0.462 e. The summed E-state index contributed by atoms with van der Waals surface area (Å²) in [5, 5.41) is 4.37. The highest BCUT2D eigenvalue weighted by molar-refractivity contribution is 7.11. The van der Waals surface area contributed by atoms with Gasteiger partial charge in [-0.1, -0.05) is 0 Å². The molecule has 0 aliphatic heterocycles. The smallest absolute Gasteiger partial charge is 0.339 e. The van der Waals surface area contributed by atoms with Crippen molar-refractivity contribution in [3.8, 4) is 0 Å². The Hall–Kier alpha value is -1.95. The maximum atomic E-state index is 11.6. The Kier molecular flexibility index (Phi) is 4.90. The van der Waals surface area contributed by atoms with E-state index in [9.17, 15) is 4.79 Å². The van der Waals surface area contributed by atoms with E-state index in [-0.39, 0.29) is 12.0 Å². The zero-order valence-corrected chi connectivity index (χ0v) is 13.5. The zero-order chi connectivity index (χ0) is 15.4. The van der Waals surface area contributed by atoms with E-state index in [4.69, 9.17) is 4.74 Å². The summed E-state index contributed by atoms with van der Waals surface area (Å²) in [6.07, 6.45) is 1.53. The molecule has 0 bridgehead atoms. The molecule has 21 heavy (non-hydrogen) atoms. The lowest BCUT2D eigenvalue weighted by molar-refractivity contribution is 0.0526. The van der Waals surface area contributed by atoms with Gasteiger partial charge in [0.25, 0.3) is 0 Å². The van der Waals surface area contributed by atoms with Crippen LogP contribution in [0.25, 0.3) is 0 Å². The van der Waals surface area contributed by atoms with Crippen molar-refractivity contribution >= 4 is 23.1 Å². The summed E-state index contributed by atoms with van der Waals surface area (Å²) in [5.41, 5.74) is 1.50. The average Bonchev–Trinajstić information content (AvgIpc) is 2.79. The van der Waals surface area contributed by atoms with Gasteiger partial charge in [0.15, 0.2) is 0 Å². The molecular weight excluding hydrogens is 286 g/mol. The number of rotatable bonds is 5. The quantitative estimate of drug-likeness (QED) is 0.856. The van der Waals surface area contributed by atoms with Crippen LogP contribution in [0.2, 0.25) is 0 Å². The summed E-state index contributed by atoms with van der Waals surface area (Å²) in [4.78, 5) is 21.4. The van der Waals surface area contributed by atoms with Gasteiger partial charge in [-0.25, -0.2) is 14.8 Å². The molecular formula is C15H19N3O2S. The van der Waals surface area contributed by atoms with E-state index in [0.29, 0.717) is 12.2 Å². The molecule has 2 rings (SSSR count). The highest BCUT2D eigenvalue weighted by Crippen LogP contribution is 2.26. The Bertz CT molecular complexity index is 622. The third-order valence-electron chi connectivity index (χ3n) is 2.97. The molecule has 0 aromatic carbocycles. The standard InChI is InChI=1S/C15H19N3O2S/c1-5-20-15(19)12-6-7-13(16-8-12)18-10(3)14-9(2)17-11(4)21-14/h6-8,10H,5H2,1-4H3,(H,16,18). The molecule has 0 amide bonds. The molecule has 2 aromatic rings. The van der Waals surface area contributed by atoms with Gasteiger partial charge in [-0.2, -0.15) is 0 Å². The van der Waals surface area contributed by atoms with E-state index in [1.54, 1.807) is 30.4 Å². The number of thiazole rings is 1. The Morgan fingerprint density at radius 2 is 2.19 bits per heavy atom. The number of esters is 1. The van der Waals surface area contributed by atoms with Crippen LogP contribution in [-0.2, 0) is 4.74 Å². The lowest BCUT2D eigenvalue weighted by atomic mass is 10.2. The van der Waals surface area contributed by atoms with Gasteiger partial charge in [-0.15, -0.1) is 11.3 Å². The summed E-state index contributed by atoms with van der Waals surface area (Å²) in [7, 11) is 0. The van der Waals surface area contributed by atoms with Gasteiger partial charge in [0.05, 0.1) is 28.9 Å². The molecule has 0 saturated heterocycles. The molecule has 2 aromatic heterocycles. The van der Waals surface area contributed by atoms with Gasteiger partial charge in [0, 0.05) is 11.1 Å². The SMILES string of the molecule is CCOC(=O)c1ccc(NC(C)c2sc(C)nc2C)nc1. The molecule has 0 radical (unpaired) electrons. The Balaban J connectivity index is 2.06. The fourth-order valence-electron chi connectivity index (χ4n) is 2.05. The van der Waals surface area contributed by atoms with Gasteiger partial charge in [-0.3, -0.25) is 0 Å². The zero-order valence-electron chi connectivity index (χ0n) is 12.6. The first kappa shape index (κ1) is 15.4. The van der Waals surface area contributed by atoms with Crippen LogP contribution in [0.4, 0.5) is 5.82 Å². The Morgan fingerprint density at radius 1 is 1.43 bits per heavy atom. The lowest BCUT2D eigenvalue weighted by Crippen LogP contribution is -2.09. The first-order valence-electron chi connectivity index (χ1n) is 6.85. The predicted octanol–water partition coefficient (Wildman–Crippen LogP) is 3.50. The van der Waals surface area contributed by atoms with Crippen LogP contribution in [0, 0.1) is 13.8 Å². The highest BCUT2D eigenvalue weighted by atomic mass is 32.1. The third kappa shape index (κ3) is 3.78. The van der Waals surface area contributed by atoms with E-state index < -0.39 is 0 Å². The van der Waals surface area contributed by atoms with E-state index in [2.05, 4.69) is 22.2 Å². The highest BCUT2D eigenvalue weighted by Gasteiger charge is 2.14. The van der Waals surface area contributed by atoms with Crippen molar-refractivity contribution in [2.75, 3.05) is 11.9 Å². The fraction of sp³-hybridized carbons (Fsp3) is 0.400. The molecule has 2 heterocycles. The van der Waals surface area contributed by atoms with E-state index in [0.717, 1.165) is 16.5 Å². The lowest BCUT2D eigenvalue weighted by Gasteiger charge is -2.13. The predicted molar refractivity (Wildman–Crippen MR) is 83.8 cm³/mol. The molecule has 0 saturated carbocycles. The van der Waals surface area contributed by atoms with Crippen molar-refractivity contribution in [2.45, 2.75) is 33.7 Å². The molecule has 5 nitrogen and oxygen atoms in total. The van der Waals surface area contributed by atoms with E-state index >= 15 is 0 Å². The molecule has 0 spiro atoms. The number of nitrogens with zero attached hydrogens (tertiary/aromatic N) is 2. The first-order valence-corrected chi connectivity index (χ1v) is 7.66. The van der Waals surface area contributed by atoms with E-state index in [1.165, 1.54) is 11.1 Å². The van der Waals surface area contributed by atoms with Crippen LogP contribution in [0.1, 0.15) is 45.8 Å². The van der Waals surface area contributed by atoms with Crippen LogP contribution in [0.5, 0.6) is 0 Å². The summed E-state index contributed by atoms with van der Waals surface area (Å²) in [5.74, 6) is 0.375. The number of ether oxygens (including phenoxy) is 1. The number of anilines is 1. The second kappa shape index (κ2) is 6.67.